The number of methoxy groups -OCH3 is 1. The monoisotopic (exact) mass is 305 g/mol. The highest BCUT2D eigenvalue weighted by atomic mass is 16.6. The van der Waals surface area contributed by atoms with Gasteiger partial charge in [0.2, 0.25) is 0 Å². The largest absolute Gasteiger partial charge is 0.467 e. The molecule has 1 N–H and O–H groups in total. The average molecular weight is 305 g/mol. The molecule has 0 radical (unpaired) electrons. The van der Waals surface area contributed by atoms with Crippen LogP contribution in [0.3, 0.4) is 0 Å². The number of hydrogen-bond acceptors (Lipinski definition) is 4. The number of carbonyl (C=O) groups excluding carboxylic acids is 2. The average Bonchev–Trinajstić information content (AvgIpc) is 2.52. The zero-order valence-corrected chi connectivity index (χ0v) is 13.3. The normalized spacial score (nSPS) is 13.1. The van der Waals surface area contributed by atoms with Gasteiger partial charge in [-0.1, -0.05) is 50.3 Å². The van der Waals surface area contributed by atoms with E-state index in [0.29, 0.717) is 0 Å². The molecule has 1 aromatic rings. The molecule has 0 aliphatic heterocycles. The van der Waals surface area contributed by atoms with Gasteiger partial charge in [-0.2, -0.15) is 0 Å². The fourth-order valence-corrected chi connectivity index (χ4v) is 2.15. The minimum absolute atomic E-state index is 0.135. The maximum atomic E-state index is 12.1. The van der Waals surface area contributed by atoms with Crippen LogP contribution in [0.15, 0.2) is 43.0 Å². The van der Waals surface area contributed by atoms with Crippen molar-refractivity contribution in [3.8, 4) is 0 Å². The van der Waals surface area contributed by atoms with E-state index >= 15 is 0 Å². The first-order chi connectivity index (χ1) is 10.5. The van der Waals surface area contributed by atoms with Crippen LogP contribution in [0.1, 0.15) is 25.8 Å². The van der Waals surface area contributed by atoms with E-state index in [2.05, 4.69) is 11.9 Å². The Morgan fingerprint density at radius 2 is 1.95 bits per heavy atom. The topological polar surface area (TPSA) is 64.6 Å². The summed E-state index contributed by atoms with van der Waals surface area (Å²) < 4.78 is 10.0. The predicted octanol–water partition coefficient (Wildman–Crippen LogP) is 3.06. The number of carbonyl (C=O) groups is 2. The molecule has 0 aliphatic carbocycles. The summed E-state index contributed by atoms with van der Waals surface area (Å²) in [7, 11) is 1.29. The predicted molar refractivity (Wildman–Crippen MR) is 84.2 cm³/mol. The van der Waals surface area contributed by atoms with Crippen LogP contribution < -0.4 is 5.32 Å². The molecule has 1 atom stereocenters. The highest BCUT2D eigenvalue weighted by Gasteiger charge is 2.43. The highest BCUT2D eigenvalue weighted by molar-refractivity contribution is 5.86. The molecule has 5 nitrogen and oxygen atoms in total. The Labute approximate surface area is 131 Å². The number of esters is 1. The Hall–Kier alpha value is -2.30. The van der Waals surface area contributed by atoms with Gasteiger partial charge in [0.15, 0.2) is 0 Å². The second-order valence-corrected chi connectivity index (χ2v) is 5.30. The molecule has 1 rings (SSSR count). The zero-order chi connectivity index (χ0) is 16.6. The van der Waals surface area contributed by atoms with E-state index in [1.165, 1.54) is 7.11 Å². The summed E-state index contributed by atoms with van der Waals surface area (Å²) in [6.45, 7) is 7.44. The minimum atomic E-state index is -1.18. The van der Waals surface area contributed by atoms with Crippen molar-refractivity contribution >= 4 is 12.1 Å². The Bertz CT molecular complexity index is 513. The molecule has 120 valence electrons. The van der Waals surface area contributed by atoms with Gasteiger partial charge >= 0.3 is 12.1 Å². The first kappa shape index (κ1) is 17.8. The van der Waals surface area contributed by atoms with Crippen molar-refractivity contribution < 1.29 is 19.1 Å². The van der Waals surface area contributed by atoms with Gasteiger partial charge in [0.05, 0.1) is 7.11 Å². The molecule has 0 heterocycles. The Morgan fingerprint density at radius 1 is 1.32 bits per heavy atom. The molecule has 22 heavy (non-hydrogen) atoms. The number of hydrogen-bond donors (Lipinski definition) is 1. The Morgan fingerprint density at radius 3 is 2.45 bits per heavy atom. The van der Waals surface area contributed by atoms with Crippen LogP contribution in [0.2, 0.25) is 0 Å². The minimum Gasteiger partial charge on any atom is -0.467 e. The number of benzene rings is 1. The number of alkyl carbamates (subject to hydrolysis) is 1. The molecule has 0 spiro atoms. The number of nitrogens with one attached hydrogen (secondary N) is 1. The number of ether oxygens (including phenoxy) is 2. The summed E-state index contributed by atoms with van der Waals surface area (Å²) in [5.41, 5.74) is -0.306. The molecule has 0 aliphatic rings. The third kappa shape index (κ3) is 4.35. The van der Waals surface area contributed by atoms with Crippen molar-refractivity contribution in [2.24, 2.45) is 5.92 Å². The highest BCUT2D eigenvalue weighted by Crippen LogP contribution is 2.24. The van der Waals surface area contributed by atoms with E-state index in [4.69, 9.17) is 9.47 Å². The van der Waals surface area contributed by atoms with Crippen LogP contribution in [-0.4, -0.2) is 24.7 Å². The molecule has 0 aromatic heterocycles. The van der Waals surface area contributed by atoms with E-state index in [9.17, 15) is 9.59 Å². The lowest BCUT2D eigenvalue weighted by atomic mass is 9.83. The van der Waals surface area contributed by atoms with Gasteiger partial charge in [0.25, 0.3) is 0 Å². The molecule has 5 heteroatoms. The van der Waals surface area contributed by atoms with Gasteiger partial charge in [-0.25, -0.2) is 9.59 Å². The summed E-state index contributed by atoms with van der Waals surface area (Å²) in [5.74, 6) is -0.693. The van der Waals surface area contributed by atoms with Gasteiger partial charge in [-0.05, 0) is 17.9 Å². The van der Waals surface area contributed by atoms with Crippen molar-refractivity contribution in [1.29, 1.82) is 0 Å². The van der Waals surface area contributed by atoms with E-state index in [0.717, 1.165) is 5.56 Å². The van der Waals surface area contributed by atoms with Crippen LogP contribution in [0, 0.1) is 5.92 Å². The second kappa shape index (κ2) is 8.22. The quantitative estimate of drug-likeness (QED) is 0.621. The summed E-state index contributed by atoms with van der Waals surface area (Å²) in [6.07, 6.45) is 1.18. The fraction of sp³-hybridized carbons (Fsp3) is 0.412. The van der Waals surface area contributed by atoms with Gasteiger partial charge in [-0.15, -0.1) is 6.58 Å². The smallest absolute Gasteiger partial charge is 0.408 e. The second-order valence-electron chi connectivity index (χ2n) is 5.30. The molecule has 0 fully saturated rings. The molecule has 0 unspecified atom stereocenters. The lowest BCUT2D eigenvalue weighted by molar-refractivity contribution is -0.150. The zero-order valence-electron chi connectivity index (χ0n) is 13.3. The number of amides is 1. The summed E-state index contributed by atoms with van der Waals surface area (Å²) in [6, 6.07) is 9.32. The van der Waals surface area contributed by atoms with E-state index < -0.39 is 17.6 Å². The molecular formula is C17H23NO4. The maximum Gasteiger partial charge on any atom is 0.408 e. The van der Waals surface area contributed by atoms with Gasteiger partial charge in [0.1, 0.15) is 12.1 Å². The summed E-state index contributed by atoms with van der Waals surface area (Å²) in [4.78, 5) is 24.2. The van der Waals surface area contributed by atoms with Crippen molar-refractivity contribution in [3.63, 3.8) is 0 Å². The molecule has 1 amide bonds. The summed E-state index contributed by atoms with van der Waals surface area (Å²) in [5, 5.41) is 2.64. The van der Waals surface area contributed by atoms with E-state index in [1.54, 1.807) is 6.08 Å². The standard InChI is InChI=1S/C17H23NO4/c1-5-11-17(13(2)3,15(19)21-4)18-16(20)22-12-14-9-7-6-8-10-14/h5-10,13H,1,11-12H2,2-4H3,(H,18,20)/t17-/m0/s1. The third-order valence-electron chi connectivity index (χ3n) is 3.54. The van der Waals surface area contributed by atoms with Crippen LogP contribution in [0.25, 0.3) is 0 Å². The van der Waals surface area contributed by atoms with Crippen LogP contribution in [-0.2, 0) is 20.9 Å². The van der Waals surface area contributed by atoms with Gasteiger partial charge in [-0.3, -0.25) is 0 Å². The van der Waals surface area contributed by atoms with Crippen LogP contribution in [0.4, 0.5) is 4.79 Å². The van der Waals surface area contributed by atoms with Crippen molar-refractivity contribution in [2.75, 3.05) is 7.11 Å². The lowest BCUT2D eigenvalue weighted by Gasteiger charge is -2.34. The first-order valence-electron chi connectivity index (χ1n) is 7.14. The molecular weight excluding hydrogens is 282 g/mol. The van der Waals surface area contributed by atoms with Crippen molar-refractivity contribution in [2.45, 2.75) is 32.4 Å². The Balaban J connectivity index is 2.78. The van der Waals surface area contributed by atoms with Crippen molar-refractivity contribution in [3.05, 3.63) is 48.6 Å². The maximum absolute atomic E-state index is 12.1. The number of rotatable bonds is 7. The first-order valence-corrected chi connectivity index (χ1v) is 7.14. The van der Waals surface area contributed by atoms with Gasteiger partial charge < -0.3 is 14.8 Å². The lowest BCUT2D eigenvalue weighted by Crippen LogP contribution is -2.58. The molecule has 0 saturated carbocycles. The third-order valence-corrected chi connectivity index (χ3v) is 3.54. The van der Waals surface area contributed by atoms with Gasteiger partial charge in [0, 0.05) is 0 Å². The van der Waals surface area contributed by atoms with Crippen LogP contribution in [0.5, 0.6) is 0 Å². The van der Waals surface area contributed by atoms with Crippen LogP contribution >= 0.6 is 0 Å². The van der Waals surface area contributed by atoms with Crippen molar-refractivity contribution in [1.82, 2.24) is 5.32 Å². The molecule has 0 bridgehead atoms. The molecule has 0 saturated heterocycles. The van der Waals surface area contributed by atoms with E-state index in [1.807, 2.05) is 44.2 Å². The van der Waals surface area contributed by atoms with E-state index in [-0.39, 0.29) is 18.9 Å². The SMILES string of the molecule is C=CC[C@@](NC(=O)OCc1ccccc1)(C(=O)OC)C(C)C. The molecule has 1 aromatic carbocycles. The summed E-state index contributed by atoms with van der Waals surface area (Å²) >= 11 is 0. The fourth-order valence-electron chi connectivity index (χ4n) is 2.15. The Kier molecular flexibility index (Phi) is 6.63.